The molecule has 3 aromatic rings. The lowest BCUT2D eigenvalue weighted by molar-refractivity contribution is -0.128. The molecule has 0 saturated carbocycles. The number of aromatic nitrogens is 1. The third-order valence-electron chi connectivity index (χ3n) is 4.48. The SMILES string of the molecule is CCCNCC(=O)NC(C)C(=O)NCc1ccc2c(N)nccc2c1.c1ccccc1. The predicted octanol–water partition coefficient (Wildman–Crippen LogP) is 2.62. The number of benzene rings is 2. The molecule has 2 aromatic carbocycles. The van der Waals surface area contributed by atoms with Gasteiger partial charge < -0.3 is 21.7 Å². The van der Waals surface area contributed by atoms with Gasteiger partial charge in [0.25, 0.3) is 0 Å². The zero-order valence-electron chi connectivity index (χ0n) is 18.1. The van der Waals surface area contributed by atoms with Crippen LogP contribution >= 0.6 is 0 Å². The van der Waals surface area contributed by atoms with Crippen molar-refractivity contribution in [1.82, 2.24) is 20.9 Å². The number of hydrogen-bond donors (Lipinski definition) is 4. The molecule has 2 amide bonds. The van der Waals surface area contributed by atoms with Gasteiger partial charge in [-0.25, -0.2) is 4.98 Å². The molecule has 0 aliphatic heterocycles. The summed E-state index contributed by atoms with van der Waals surface area (Å²) in [7, 11) is 0. The molecule has 0 aliphatic carbocycles. The maximum absolute atomic E-state index is 12.1. The Hall–Kier alpha value is -3.45. The smallest absolute Gasteiger partial charge is 0.242 e. The molecule has 1 unspecified atom stereocenters. The fourth-order valence-electron chi connectivity index (χ4n) is 2.82. The van der Waals surface area contributed by atoms with Crippen LogP contribution in [0.15, 0.2) is 66.9 Å². The highest BCUT2D eigenvalue weighted by Gasteiger charge is 2.15. The van der Waals surface area contributed by atoms with E-state index in [1.165, 1.54) is 0 Å². The molecule has 7 heteroatoms. The van der Waals surface area contributed by atoms with Crippen LogP contribution in [0.1, 0.15) is 25.8 Å². The molecule has 0 bridgehead atoms. The number of hydrogen-bond acceptors (Lipinski definition) is 5. The lowest BCUT2D eigenvalue weighted by Crippen LogP contribution is -2.47. The summed E-state index contributed by atoms with van der Waals surface area (Å²) in [6.45, 7) is 5.06. The number of rotatable bonds is 8. The Labute approximate surface area is 183 Å². The Bertz CT molecular complexity index is 936. The molecule has 5 N–H and O–H groups in total. The lowest BCUT2D eigenvalue weighted by Gasteiger charge is -2.14. The molecule has 0 fully saturated rings. The van der Waals surface area contributed by atoms with E-state index in [2.05, 4.69) is 20.9 Å². The van der Waals surface area contributed by atoms with Gasteiger partial charge in [0.1, 0.15) is 11.9 Å². The summed E-state index contributed by atoms with van der Waals surface area (Å²) in [6, 6.07) is 19.0. The molecule has 0 spiro atoms. The summed E-state index contributed by atoms with van der Waals surface area (Å²) < 4.78 is 0. The van der Waals surface area contributed by atoms with Crippen LogP contribution in [0.2, 0.25) is 0 Å². The first-order valence-electron chi connectivity index (χ1n) is 10.4. The highest BCUT2D eigenvalue weighted by Crippen LogP contribution is 2.19. The van der Waals surface area contributed by atoms with E-state index in [1.54, 1.807) is 13.1 Å². The lowest BCUT2D eigenvalue weighted by atomic mass is 10.1. The van der Waals surface area contributed by atoms with E-state index < -0.39 is 6.04 Å². The minimum Gasteiger partial charge on any atom is -0.383 e. The van der Waals surface area contributed by atoms with Gasteiger partial charge in [0.2, 0.25) is 11.8 Å². The molecular weight excluding hydrogens is 390 g/mol. The number of amides is 2. The zero-order valence-corrected chi connectivity index (χ0v) is 18.1. The van der Waals surface area contributed by atoms with Crippen LogP contribution in [0.4, 0.5) is 5.82 Å². The number of carbonyl (C=O) groups excluding carboxylic acids is 2. The average Bonchev–Trinajstić information content (AvgIpc) is 2.79. The van der Waals surface area contributed by atoms with Crippen LogP contribution in [0, 0.1) is 0 Å². The first-order valence-corrected chi connectivity index (χ1v) is 10.4. The summed E-state index contributed by atoms with van der Waals surface area (Å²) in [5, 5.41) is 10.4. The van der Waals surface area contributed by atoms with Crippen LogP contribution in [0.3, 0.4) is 0 Å². The Morgan fingerprint density at radius 3 is 2.39 bits per heavy atom. The number of anilines is 1. The van der Waals surface area contributed by atoms with E-state index in [9.17, 15) is 9.59 Å². The van der Waals surface area contributed by atoms with Crippen LogP contribution in [0.25, 0.3) is 10.8 Å². The maximum atomic E-state index is 12.1. The van der Waals surface area contributed by atoms with Crippen molar-refractivity contribution in [2.75, 3.05) is 18.8 Å². The molecule has 3 rings (SSSR count). The van der Waals surface area contributed by atoms with Crippen molar-refractivity contribution in [2.24, 2.45) is 0 Å². The Kier molecular flexibility index (Phi) is 9.97. The summed E-state index contributed by atoms with van der Waals surface area (Å²) in [4.78, 5) is 27.9. The predicted molar refractivity (Wildman–Crippen MR) is 125 cm³/mol. The Balaban J connectivity index is 0.000000488. The van der Waals surface area contributed by atoms with E-state index >= 15 is 0 Å². The molecule has 31 heavy (non-hydrogen) atoms. The zero-order chi connectivity index (χ0) is 22.5. The number of fused-ring (bicyclic) bond motifs is 1. The molecule has 164 valence electrons. The monoisotopic (exact) mass is 421 g/mol. The summed E-state index contributed by atoms with van der Waals surface area (Å²) in [6.07, 6.45) is 2.61. The molecule has 0 radical (unpaired) electrons. The second-order valence-corrected chi connectivity index (χ2v) is 7.09. The van der Waals surface area contributed by atoms with Gasteiger partial charge in [0.05, 0.1) is 6.54 Å². The van der Waals surface area contributed by atoms with Crippen molar-refractivity contribution in [3.63, 3.8) is 0 Å². The highest BCUT2D eigenvalue weighted by atomic mass is 16.2. The van der Waals surface area contributed by atoms with Crippen molar-refractivity contribution < 1.29 is 9.59 Å². The number of carbonyl (C=O) groups is 2. The summed E-state index contributed by atoms with van der Waals surface area (Å²) >= 11 is 0. The topological polar surface area (TPSA) is 109 Å². The highest BCUT2D eigenvalue weighted by molar-refractivity contribution is 5.91. The maximum Gasteiger partial charge on any atom is 0.242 e. The van der Waals surface area contributed by atoms with E-state index in [4.69, 9.17) is 5.73 Å². The van der Waals surface area contributed by atoms with Crippen molar-refractivity contribution >= 4 is 28.4 Å². The third-order valence-corrected chi connectivity index (χ3v) is 4.48. The average molecular weight is 422 g/mol. The van der Waals surface area contributed by atoms with Crippen LogP contribution < -0.4 is 21.7 Å². The number of pyridine rings is 1. The fraction of sp³-hybridized carbons (Fsp3) is 0.292. The van der Waals surface area contributed by atoms with E-state index in [-0.39, 0.29) is 18.4 Å². The van der Waals surface area contributed by atoms with Crippen molar-refractivity contribution in [3.8, 4) is 0 Å². The van der Waals surface area contributed by atoms with Gasteiger partial charge in [-0.15, -0.1) is 0 Å². The molecule has 0 aliphatic rings. The van der Waals surface area contributed by atoms with Gasteiger partial charge in [-0.3, -0.25) is 9.59 Å². The van der Waals surface area contributed by atoms with Gasteiger partial charge in [0, 0.05) is 18.1 Å². The number of nitrogens with one attached hydrogen (secondary N) is 3. The Morgan fingerprint density at radius 1 is 1.06 bits per heavy atom. The van der Waals surface area contributed by atoms with Crippen LogP contribution in [0.5, 0.6) is 0 Å². The minimum atomic E-state index is -0.587. The standard InChI is InChI=1S/C18H25N5O2.C6H6/c1-3-7-20-11-16(24)23-12(2)18(25)22-10-13-4-5-15-14(9-13)6-8-21-17(15)19;1-2-4-6-5-3-1/h4-6,8-9,12,20H,3,7,10-11H2,1-2H3,(H2,19,21)(H,22,25)(H,23,24);1-6H. The van der Waals surface area contributed by atoms with Crippen LogP contribution in [-0.4, -0.2) is 35.9 Å². The van der Waals surface area contributed by atoms with Crippen LogP contribution in [-0.2, 0) is 16.1 Å². The van der Waals surface area contributed by atoms with E-state index in [1.807, 2.05) is 67.6 Å². The fourth-order valence-corrected chi connectivity index (χ4v) is 2.82. The molecule has 1 heterocycles. The van der Waals surface area contributed by atoms with Gasteiger partial charge in [-0.05, 0) is 43.0 Å². The molecule has 1 aromatic heterocycles. The van der Waals surface area contributed by atoms with Crippen molar-refractivity contribution in [2.45, 2.75) is 32.9 Å². The first-order chi connectivity index (χ1) is 15.0. The van der Waals surface area contributed by atoms with Crippen molar-refractivity contribution in [3.05, 3.63) is 72.4 Å². The first kappa shape index (κ1) is 23.8. The largest absolute Gasteiger partial charge is 0.383 e. The normalized spacial score (nSPS) is 11.2. The number of nitrogens with two attached hydrogens (primary N) is 1. The van der Waals surface area contributed by atoms with E-state index in [0.717, 1.165) is 29.3 Å². The van der Waals surface area contributed by atoms with Gasteiger partial charge in [0.15, 0.2) is 0 Å². The molecule has 1 atom stereocenters. The molecule has 7 nitrogen and oxygen atoms in total. The van der Waals surface area contributed by atoms with Crippen molar-refractivity contribution in [1.29, 1.82) is 0 Å². The van der Waals surface area contributed by atoms with Gasteiger partial charge >= 0.3 is 0 Å². The van der Waals surface area contributed by atoms with Gasteiger partial charge in [-0.1, -0.05) is 55.5 Å². The number of nitrogen functional groups attached to an aromatic ring is 1. The quantitative estimate of drug-likeness (QED) is 0.418. The summed E-state index contributed by atoms with van der Waals surface area (Å²) in [5.74, 6) is 0.0732. The summed E-state index contributed by atoms with van der Waals surface area (Å²) in [5.41, 5.74) is 6.79. The van der Waals surface area contributed by atoms with E-state index in [0.29, 0.717) is 12.4 Å². The third kappa shape index (κ3) is 8.44. The molecule has 0 saturated heterocycles. The van der Waals surface area contributed by atoms with Gasteiger partial charge in [-0.2, -0.15) is 0 Å². The second kappa shape index (κ2) is 13.0. The second-order valence-electron chi connectivity index (χ2n) is 7.09. The Morgan fingerprint density at radius 2 is 1.74 bits per heavy atom. The molecular formula is C24H31N5O2. The number of nitrogens with zero attached hydrogens (tertiary/aromatic N) is 1. The minimum absolute atomic E-state index is 0.190.